The molecular formula is C15H19N3O. The summed E-state index contributed by atoms with van der Waals surface area (Å²) in [4.78, 5) is 9.28. The number of anilines is 1. The first kappa shape index (κ1) is 12.4. The van der Waals surface area contributed by atoms with Crippen LogP contribution in [0.5, 0.6) is 0 Å². The summed E-state index contributed by atoms with van der Waals surface area (Å²) >= 11 is 0. The molecule has 1 N–H and O–H groups in total. The third-order valence-electron chi connectivity index (χ3n) is 3.82. The molecule has 0 amide bonds. The Hall–Kier alpha value is -1.68. The van der Waals surface area contributed by atoms with E-state index >= 15 is 0 Å². The smallest absolute Gasteiger partial charge is 0.148 e. The van der Waals surface area contributed by atoms with E-state index in [-0.39, 0.29) is 6.10 Å². The number of nitrogens with zero attached hydrogens (tertiary/aromatic N) is 2. The zero-order chi connectivity index (χ0) is 13.2. The number of para-hydroxylation sites is 2. The standard InChI is InChI=1S/C15H19N3O/c1-10-15(18-13-8-5-9-14(13)19-2)17-12-7-4-3-6-11(12)16-10/h3-4,6-7,13-14H,5,8-9H2,1-2H3,(H,17,18). The molecule has 19 heavy (non-hydrogen) atoms. The Bertz CT molecular complexity index is 585. The van der Waals surface area contributed by atoms with Crippen molar-refractivity contribution in [1.29, 1.82) is 0 Å². The average Bonchev–Trinajstić information content (AvgIpc) is 2.87. The van der Waals surface area contributed by atoms with Gasteiger partial charge in [0.15, 0.2) is 0 Å². The molecule has 0 bridgehead atoms. The number of ether oxygens (including phenoxy) is 1. The van der Waals surface area contributed by atoms with Gasteiger partial charge in [-0.25, -0.2) is 9.97 Å². The topological polar surface area (TPSA) is 47.0 Å². The van der Waals surface area contributed by atoms with Crippen molar-refractivity contribution >= 4 is 16.9 Å². The maximum Gasteiger partial charge on any atom is 0.148 e. The van der Waals surface area contributed by atoms with E-state index in [2.05, 4.69) is 15.3 Å². The predicted molar refractivity (Wildman–Crippen MR) is 76.3 cm³/mol. The molecule has 4 heteroatoms. The minimum atomic E-state index is 0.285. The Morgan fingerprint density at radius 2 is 1.89 bits per heavy atom. The number of fused-ring (bicyclic) bond motifs is 1. The first-order valence-corrected chi connectivity index (χ1v) is 6.80. The van der Waals surface area contributed by atoms with Crippen LogP contribution in [0, 0.1) is 6.92 Å². The second-order valence-corrected chi connectivity index (χ2v) is 5.10. The fourth-order valence-corrected chi connectivity index (χ4v) is 2.77. The van der Waals surface area contributed by atoms with Crippen molar-refractivity contribution in [2.45, 2.75) is 38.3 Å². The molecule has 0 spiro atoms. The zero-order valence-electron chi connectivity index (χ0n) is 11.4. The molecule has 3 rings (SSSR count). The monoisotopic (exact) mass is 257 g/mol. The number of aromatic nitrogens is 2. The predicted octanol–water partition coefficient (Wildman–Crippen LogP) is 2.92. The highest BCUT2D eigenvalue weighted by atomic mass is 16.5. The van der Waals surface area contributed by atoms with E-state index in [1.165, 1.54) is 6.42 Å². The van der Waals surface area contributed by atoms with E-state index in [0.717, 1.165) is 35.4 Å². The molecule has 1 aromatic heterocycles. The summed E-state index contributed by atoms with van der Waals surface area (Å²) in [5.41, 5.74) is 2.82. The molecule has 2 atom stereocenters. The van der Waals surface area contributed by atoms with Gasteiger partial charge in [0.05, 0.1) is 28.9 Å². The molecule has 1 aliphatic rings. The first-order chi connectivity index (χ1) is 9.28. The Morgan fingerprint density at radius 1 is 1.16 bits per heavy atom. The summed E-state index contributed by atoms with van der Waals surface area (Å²) in [6.45, 7) is 2.00. The lowest BCUT2D eigenvalue weighted by molar-refractivity contribution is 0.101. The maximum atomic E-state index is 5.51. The lowest BCUT2D eigenvalue weighted by Gasteiger charge is -2.21. The van der Waals surface area contributed by atoms with Crippen LogP contribution < -0.4 is 5.32 Å². The van der Waals surface area contributed by atoms with Crippen molar-refractivity contribution in [3.8, 4) is 0 Å². The molecule has 2 aromatic rings. The molecule has 1 saturated carbocycles. The van der Waals surface area contributed by atoms with Crippen LogP contribution in [0.2, 0.25) is 0 Å². The molecule has 1 aliphatic carbocycles. The van der Waals surface area contributed by atoms with Gasteiger partial charge in [-0.05, 0) is 38.3 Å². The minimum Gasteiger partial charge on any atom is -0.379 e. The summed E-state index contributed by atoms with van der Waals surface area (Å²) < 4.78 is 5.51. The quantitative estimate of drug-likeness (QED) is 0.918. The van der Waals surface area contributed by atoms with Gasteiger partial charge in [0.25, 0.3) is 0 Å². The van der Waals surface area contributed by atoms with Gasteiger partial charge in [-0.3, -0.25) is 0 Å². The molecular weight excluding hydrogens is 238 g/mol. The van der Waals surface area contributed by atoms with Gasteiger partial charge in [-0.15, -0.1) is 0 Å². The second kappa shape index (κ2) is 5.13. The third kappa shape index (κ3) is 2.40. The van der Waals surface area contributed by atoms with E-state index in [1.807, 2.05) is 31.2 Å². The van der Waals surface area contributed by atoms with Crippen LogP contribution in [0.1, 0.15) is 25.0 Å². The van der Waals surface area contributed by atoms with Crippen LogP contribution >= 0.6 is 0 Å². The zero-order valence-corrected chi connectivity index (χ0v) is 11.4. The van der Waals surface area contributed by atoms with E-state index in [9.17, 15) is 0 Å². The van der Waals surface area contributed by atoms with E-state index in [0.29, 0.717) is 6.04 Å². The largest absolute Gasteiger partial charge is 0.379 e. The number of aryl methyl sites for hydroxylation is 1. The van der Waals surface area contributed by atoms with Crippen LogP contribution in [0.3, 0.4) is 0 Å². The number of benzene rings is 1. The molecule has 4 nitrogen and oxygen atoms in total. The number of hydrogen-bond acceptors (Lipinski definition) is 4. The van der Waals surface area contributed by atoms with Crippen LogP contribution in [0.15, 0.2) is 24.3 Å². The van der Waals surface area contributed by atoms with Gasteiger partial charge in [-0.1, -0.05) is 12.1 Å². The fourth-order valence-electron chi connectivity index (χ4n) is 2.77. The Morgan fingerprint density at radius 3 is 2.63 bits per heavy atom. The maximum absolute atomic E-state index is 5.51. The van der Waals surface area contributed by atoms with Gasteiger partial charge in [0.2, 0.25) is 0 Å². The number of hydrogen-bond donors (Lipinski definition) is 1. The molecule has 2 unspecified atom stereocenters. The van der Waals surface area contributed by atoms with Crippen LogP contribution in [-0.2, 0) is 4.74 Å². The van der Waals surface area contributed by atoms with Crippen molar-refractivity contribution in [2.75, 3.05) is 12.4 Å². The van der Waals surface area contributed by atoms with Crippen molar-refractivity contribution in [3.63, 3.8) is 0 Å². The van der Waals surface area contributed by atoms with Crippen LogP contribution in [0.4, 0.5) is 5.82 Å². The minimum absolute atomic E-state index is 0.285. The Kier molecular flexibility index (Phi) is 3.34. The Labute approximate surface area is 113 Å². The van der Waals surface area contributed by atoms with Gasteiger partial charge in [0, 0.05) is 7.11 Å². The van der Waals surface area contributed by atoms with Crippen LogP contribution in [0.25, 0.3) is 11.0 Å². The Balaban J connectivity index is 1.90. The normalized spacial score (nSPS) is 22.8. The van der Waals surface area contributed by atoms with Gasteiger partial charge < -0.3 is 10.1 Å². The van der Waals surface area contributed by atoms with Gasteiger partial charge in [0.1, 0.15) is 5.82 Å². The summed E-state index contributed by atoms with van der Waals surface area (Å²) in [6.07, 6.45) is 3.74. The summed E-state index contributed by atoms with van der Waals surface area (Å²) in [6, 6.07) is 8.31. The molecule has 1 fully saturated rings. The van der Waals surface area contributed by atoms with Crippen molar-refractivity contribution in [1.82, 2.24) is 9.97 Å². The lowest BCUT2D eigenvalue weighted by atomic mass is 10.2. The second-order valence-electron chi connectivity index (χ2n) is 5.10. The average molecular weight is 257 g/mol. The molecule has 0 saturated heterocycles. The van der Waals surface area contributed by atoms with Gasteiger partial charge in [-0.2, -0.15) is 0 Å². The third-order valence-corrected chi connectivity index (χ3v) is 3.82. The number of nitrogens with one attached hydrogen (secondary N) is 1. The molecule has 100 valence electrons. The summed E-state index contributed by atoms with van der Waals surface area (Å²) in [5, 5.41) is 3.50. The first-order valence-electron chi connectivity index (χ1n) is 6.80. The molecule has 1 aromatic carbocycles. The summed E-state index contributed by atoms with van der Waals surface area (Å²) in [7, 11) is 1.78. The SMILES string of the molecule is COC1CCCC1Nc1nc2ccccc2nc1C. The highest BCUT2D eigenvalue weighted by Gasteiger charge is 2.27. The van der Waals surface area contributed by atoms with E-state index < -0.39 is 0 Å². The molecule has 0 radical (unpaired) electrons. The van der Waals surface area contributed by atoms with Crippen LogP contribution in [-0.4, -0.2) is 29.2 Å². The van der Waals surface area contributed by atoms with E-state index in [4.69, 9.17) is 4.74 Å². The lowest BCUT2D eigenvalue weighted by Crippen LogP contribution is -2.30. The highest BCUT2D eigenvalue weighted by Crippen LogP contribution is 2.26. The number of methoxy groups -OCH3 is 1. The summed E-state index contributed by atoms with van der Waals surface area (Å²) in [5.74, 6) is 0.882. The highest BCUT2D eigenvalue weighted by molar-refractivity contribution is 5.76. The van der Waals surface area contributed by atoms with Crippen molar-refractivity contribution in [3.05, 3.63) is 30.0 Å². The van der Waals surface area contributed by atoms with Crippen molar-refractivity contribution < 1.29 is 4.74 Å². The number of rotatable bonds is 3. The van der Waals surface area contributed by atoms with E-state index in [1.54, 1.807) is 7.11 Å². The molecule has 1 heterocycles. The molecule has 0 aliphatic heterocycles. The van der Waals surface area contributed by atoms with Gasteiger partial charge >= 0.3 is 0 Å². The van der Waals surface area contributed by atoms with Crippen molar-refractivity contribution in [2.24, 2.45) is 0 Å². The fraction of sp³-hybridized carbons (Fsp3) is 0.467.